The molecule has 0 aliphatic rings. The summed E-state index contributed by atoms with van der Waals surface area (Å²) in [5.41, 5.74) is 1.75. The van der Waals surface area contributed by atoms with E-state index < -0.39 is 0 Å². The van der Waals surface area contributed by atoms with Crippen molar-refractivity contribution in [2.75, 3.05) is 12.4 Å². The highest BCUT2D eigenvalue weighted by molar-refractivity contribution is 7.99. The van der Waals surface area contributed by atoms with Crippen LogP contribution in [0, 0.1) is 0 Å². The molecule has 0 saturated heterocycles. The third-order valence-electron chi connectivity index (χ3n) is 3.27. The number of carbonyl (C=O) groups is 1. The van der Waals surface area contributed by atoms with Gasteiger partial charge in [0.05, 0.1) is 16.3 Å². The minimum atomic E-state index is 0.0740. The van der Waals surface area contributed by atoms with Crippen molar-refractivity contribution in [3.8, 4) is 5.69 Å². The lowest BCUT2D eigenvalue weighted by atomic mass is 10.1. The first-order valence-electron chi connectivity index (χ1n) is 6.64. The number of thioether (sulfide) groups is 1. The Morgan fingerprint density at radius 1 is 1.29 bits per heavy atom. The van der Waals surface area contributed by atoms with Gasteiger partial charge in [0.25, 0.3) is 0 Å². The fourth-order valence-electron chi connectivity index (χ4n) is 2.24. The fraction of sp³-hybridized carbons (Fsp3) is 0.188. The monoisotopic (exact) mass is 317 g/mol. The molecule has 108 valence electrons. The van der Waals surface area contributed by atoms with Crippen LogP contribution < -0.4 is 0 Å². The first-order chi connectivity index (χ1) is 10.2. The molecule has 0 saturated carbocycles. The van der Waals surface area contributed by atoms with Crippen molar-refractivity contribution in [3.05, 3.63) is 47.5 Å². The minimum absolute atomic E-state index is 0.0740. The summed E-state index contributed by atoms with van der Waals surface area (Å²) in [6, 6.07) is 9.74. The number of fused-ring (bicyclic) bond motifs is 1. The zero-order valence-corrected chi connectivity index (χ0v) is 13.2. The first kappa shape index (κ1) is 14.4. The number of thiophene rings is 1. The zero-order chi connectivity index (χ0) is 14.8. The van der Waals surface area contributed by atoms with Gasteiger partial charge in [-0.25, -0.2) is 0 Å². The Morgan fingerprint density at radius 3 is 2.71 bits per heavy atom. The number of hydrogen-bond acceptors (Lipinski definition) is 4. The van der Waals surface area contributed by atoms with E-state index in [1.54, 1.807) is 30.0 Å². The van der Waals surface area contributed by atoms with Crippen LogP contribution in [0.4, 0.5) is 0 Å². The normalized spacial score (nSPS) is 11.1. The summed E-state index contributed by atoms with van der Waals surface area (Å²) in [5.74, 6) is 0.741. The molecule has 1 N–H and O–H groups in total. The second-order valence-electron chi connectivity index (χ2n) is 4.68. The number of hydrogen-bond donors (Lipinski definition) is 1. The van der Waals surface area contributed by atoms with Crippen molar-refractivity contribution >= 4 is 39.0 Å². The molecular weight excluding hydrogens is 302 g/mol. The maximum atomic E-state index is 11.4. The van der Waals surface area contributed by atoms with Crippen molar-refractivity contribution in [1.29, 1.82) is 0 Å². The van der Waals surface area contributed by atoms with Crippen LogP contribution in [0.1, 0.15) is 17.3 Å². The maximum Gasteiger partial charge on any atom is 0.159 e. The number of rotatable bonds is 5. The summed E-state index contributed by atoms with van der Waals surface area (Å²) >= 11 is 3.35. The van der Waals surface area contributed by atoms with E-state index in [0.717, 1.165) is 16.3 Å². The Kier molecular flexibility index (Phi) is 4.14. The average Bonchev–Trinajstić information content (AvgIpc) is 3.06. The first-order valence-corrected chi connectivity index (χ1v) is 8.51. The summed E-state index contributed by atoms with van der Waals surface area (Å²) in [6.07, 6.45) is 2.11. The Bertz CT molecular complexity index is 771. The maximum absolute atomic E-state index is 11.4. The van der Waals surface area contributed by atoms with E-state index in [1.807, 2.05) is 24.3 Å². The molecule has 2 aromatic heterocycles. The molecule has 1 aromatic carbocycles. The van der Waals surface area contributed by atoms with Crippen LogP contribution in [0.15, 0.2) is 46.9 Å². The fourth-order valence-corrected chi connectivity index (χ4v) is 4.03. The molecule has 3 nitrogen and oxygen atoms in total. The van der Waals surface area contributed by atoms with Gasteiger partial charge in [0.15, 0.2) is 5.78 Å². The van der Waals surface area contributed by atoms with Gasteiger partial charge in [0, 0.05) is 28.6 Å². The third kappa shape index (κ3) is 2.77. The smallest absolute Gasteiger partial charge is 0.159 e. The predicted octanol–water partition coefficient (Wildman–Crippen LogP) is 3.98. The molecule has 2 heterocycles. The Hall–Kier alpha value is -1.56. The van der Waals surface area contributed by atoms with E-state index in [9.17, 15) is 4.79 Å². The molecule has 0 radical (unpaired) electrons. The average molecular weight is 317 g/mol. The van der Waals surface area contributed by atoms with Crippen LogP contribution in [0.3, 0.4) is 0 Å². The van der Waals surface area contributed by atoms with Gasteiger partial charge in [-0.1, -0.05) is 0 Å². The molecule has 0 aliphatic carbocycles. The second-order valence-corrected chi connectivity index (χ2v) is 6.71. The minimum Gasteiger partial charge on any atom is -0.396 e. The molecular formula is C16H15NO2S2. The summed E-state index contributed by atoms with van der Waals surface area (Å²) in [6.45, 7) is 1.73. The molecule has 0 aliphatic heterocycles. The van der Waals surface area contributed by atoms with Gasteiger partial charge in [-0.15, -0.1) is 23.1 Å². The Labute approximate surface area is 131 Å². The van der Waals surface area contributed by atoms with Crippen molar-refractivity contribution in [3.63, 3.8) is 0 Å². The van der Waals surface area contributed by atoms with Crippen molar-refractivity contribution in [1.82, 2.24) is 4.57 Å². The molecule has 0 spiro atoms. The van der Waals surface area contributed by atoms with Crippen LogP contribution in [0.25, 0.3) is 15.8 Å². The lowest BCUT2D eigenvalue weighted by molar-refractivity contribution is 0.101. The van der Waals surface area contributed by atoms with Crippen LogP contribution in [0.5, 0.6) is 0 Å². The van der Waals surface area contributed by atoms with Crippen molar-refractivity contribution in [2.24, 2.45) is 0 Å². The third-order valence-corrected chi connectivity index (χ3v) is 5.20. The molecule has 0 atom stereocenters. The highest BCUT2D eigenvalue weighted by Gasteiger charge is 2.12. The number of aliphatic hydroxyl groups excluding tert-OH is 1. The molecule has 3 aromatic rings. The van der Waals surface area contributed by atoms with E-state index in [0.29, 0.717) is 5.75 Å². The van der Waals surface area contributed by atoms with Crippen molar-refractivity contribution < 1.29 is 9.90 Å². The summed E-state index contributed by atoms with van der Waals surface area (Å²) in [5, 5.41) is 13.5. The molecule has 0 fully saturated rings. The number of Topliss-reactive ketones (excluding diaryl/α,β-unsaturated/α-hetero) is 1. The molecule has 3 rings (SSSR count). The van der Waals surface area contributed by atoms with Crippen molar-refractivity contribution in [2.45, 2.75) is 11.9 Å². The molecule has 21 heavy (non-hydrogen) atoms. The van der Waals surface area contributed by atoms with Gasteiger partial charge in [-0.2, -0.15) is 0 Å². The van der Waals surface area contributed by atoms with E-state index in [4.69, 9.17) is 5.11 Å². The standard InChI is InChI=1S/C16H15NO2S2/c1-11(19)12-2-4-13(5-3-12)17-10-15-14(6-8-20-15)16(17)21-9-7-18/h2-6,8,10,18H,7,9H2,1H3. The molecule has 0 amide bonds. The number of ketones is 1. The second kappa shape index (κ2) is 6.05. The zero-order valence-electron chi connectivity index (χ0n) is 11.6. The summed E-state index contributed by atoms with van der Waals surface area (Å²) in [7, 11) is 0. The van der Waals surface area contributed by atoms with Gasteiger partial charge in [-0.05, 0) is 42.6 Å². The Balaban J connectivity index is 2.05. The highest BCUT2D eigenvalue weighted by atomic mass is 32.2. The predicted molar refractivity (Wildman–Crippen MR) is 89.0 cm³/mol. The largest absolute Gasteiger partial charge is 0.396 e. The van der Waals surface area contributed by atoms with Crippen LogP contribution >= 0.6 is 23.1 Å². The molecule has 5 heteroatoms. The number of benzene rings is 1. The lowest BCUT2D eigenvalue weighted by Gasteiger charge is -2.09. The van der Waals surface area contributed by atoms with Crippen LogP contribution in [-0.2, 0) is 0 Å². The SMILES string of the molecule is CC(=O)c1ccc(-n2cc3sccc3c2SCCO)cc1. The number of aromatic nitrogens is 1. The summed E-state index contributed by atoms with van der Waals surface area (Å²) in [4.78, 5) is 11.4. The lowest BCUT2D eigenvalue weighted by Crippen LogP contribution is -1.98. The highest BCUT2D eigenvalue weighted by Crippen LogP contribution is 2.35. The Morgan fingerprint density at radius 2 is 2.05 bits per heavy atom. The number of nitrogens with zero attached hydrogens (tertiary/aromatic N) is 1. The van der Waals surface area contributed by atoms with Crippen LogP contribution in [0.2, 0.25) is 0 Å². The topological polar surface area (TPSA) is 42.2 Å². The number of aliphatic hydroxyl groups is 1. The quantitative estimate of drug-likeness (QED) is 0.572. The van der Waals surface area contributed by atoms with Gasteiger partial charge in [0.2, 0.25) is 0 Å². The summed E-state index contributed by atoms with van der Waals surface area (Å²) < 4.78 is 3.36. The van der Waals surface area contributed by atoms with Gasteiger partial charge < -0.3 is 9.67 Å². The number of carbonyl (C=O) groups excluding carboxylic acids is 1. The van der Waals surface area contributed by atoms with E-state index in [-0.39, 0.29) is 12.4 Å². The van der Waals surface area contributed by atoms with E-state index in [1.165, 1.54) is 10.1 Å². The molecule has 0 unspecified atom stereocenters. The van der Waals surface area contributed by atoms with Gasteiger partial charge in [-0.3, -0.25) is 4.79 Å². The van der Waals surface area contributed by atoms with Crippen LogP contribution in [-0.4, -0.2) is 27.8 Å². The van der Waals surface area contributed by atoms with E-state index >= 15 is 0 Å². The van der Waals surface area contributed by atoms with Gasteiger partial charge in [0.1, 0.15) is 0 Å². The molecule has 0 bridgehead atoms. The van der Waals surface area contributed by atoms with E-state index in [2.05, 4.69) is 22.2 Å². The van der Waals surface area contributed by atoms with Gasteiger partial charge >= 0.3 is 0 Å².